The molecule has 5 heteroatoms. The summed E-state index contributed by atoms with van der Waals surface area (Å²) in [4.78, 5) is 0. The predicted molar refractivity (Wildman–Crippen MR) is 68.8 cm³/mol. The number of rotatable bonds is 7. The van der Waals surface area contributed by atoms with Crippen molar-refractivity contribution in [2.75, 3.05) is 13.2 Å². The molecule has 1 atom stereocenters. The van der Waals surface area contributed by atoms with Crippen molar-refractivity contribution >= 4 is 0 Å². The highest BCUT2D eigenvalue weighted by Crippen LogP contribution is 2.18. The Bertz CT molecular complexity index is 459. The van der Waals surface area contributed by atoms with E-state index in [0.717, 1.165) is 25.1 Å². The first kappa shape index (κ1) is 15.4. The third kappa shape index (κ3) is 4.84. The maximum atomic E-state index is 13.3. The first-order valence-electron chi connectivity index (χ1n) is 6.25. The number of hydrogen-bond acceptors (Lipinski definition) is 3. The topological polar surface area (TPSA) is 45.0 Å². The van der Waals surface area contributed by atoms with Crippen molar-refractivity contribution < 1.29 is 13.5 Å². The second-order valence-corrected chi connectivity index (χ2v) is 4.54. The Morgan fingerprint density at radius 3 is 2.74 bits per heavy atom. The predicted octanol–water partition coefficient (Wildman–Crippen LogP) is 3.02. The number of ether oxygens (including phenoxy) is 1. The van der Waals surface area contributed by atoms with Crippen LogP contribution in [0, 0.1) is 23.0 Å². The number of nitrogens with one attached hydrogen (secondary N) is 1. The third-order valence-corrected chi connectivity index (χ3v) is 2.77. The maximum Gasteiger partial charge on any atom is 0.167 e. The van der Waals surface area contributed by atoms with Crippen LogP contribution in [0.2, 0.25) is 0 Å². The molecule has 1 rings (SSSR count). The molecule has 0 aliphatic heterocycles. The Kier molecular flexibility index (Phi) is 5.71. The first-order valence-corrected chi connectivity index (χ1v) is 6.25. The van der Waals surface area contributed by atoms with Gasteiger partial charge in [0.2, 0.25) is 0 Å². The van der Waals surface area contributed by atoms with E-state index in [0.29, 0.717) is 6.42 Å². The molecule has 1 aromatic carbocycles. The normalized spacial score (nSPS) is 13.6. The minimum atomic E-state index is -0.736. The van der Waals surface area contributed by atoms with Crippen molar-refractivity contribution in [3.8, 4) is 11.8 Å². The number of nitrogens with zero attached hydrogens (tertiary/aromatic N) is 1. The van der Waals surface area contributed by atoms with Crippen LogP contribution < -0.4 is 10.1 Å². The van der Waals surface area contributed by atoms with Crippen LogP contribution >= 0.6 is 0 Å². The van der Waals surface area contributed by atoms with Crippen molar-refractivity contribution in [2.45, 2.75) is 32.2 Å². The third-order valence-electron chi connectivity index (χ3n) is 2.77. The quantitative estimate of drug-likeness (QED) is 0.826. The molecular weight excluding hydrogens is 250 g/mol. The van der Waals surface area contributed by atoms with E-state index in [2.05, 4.69) is 11.4 Å². The Hall–Kier alpha value is -1.67. The molecule has 1 unspecified atom stereocenters. The summed E-state index contributed by atoms with van der Waals surface area (Å²) in [6.45, 7) is 4.69. The molecule has 0 spiro atoms. The van der Waals surface area contributed by atoms with Crippen LogP contribution in [0.1, 0.15) is 26.7 Å². The van der Waals surface area contributed by atoms with Crippen LogP contribution in [0.3, 0.4) is 0 Å². The second-order valence-electron chi connectivity index (χ2n) is 4.54. The van der Waals surface area contributed by atoms with Gasteiger partial charge in [-0.15, -0.1) is 0 Å². The number of hydrogen-bond donors (Lipinski definition) is 1. The van der Waals surface area contributed by atoms with E-state index < -0.39 is 17.2 Å². The van der Waals surface area contributed by atoms with E-state index in [9.17, 15) is 8.78 Å². The standard InChI is InChI=1S/C14H18F2N2O/c1-3-7-18-14(2,10-17)6-8-19-13-5-4-11(15)9-12(13)16/h4-5,9,18H,3,6-8H2,1-2H3. The lowest BCUT2D eigenvalue weighted by atomic mass is 10.0. The van der Waals surface area contributed by atoms with E-state index in [-0.39, 0.29) is 12.4 Å². The highest BCUT2D eigenvalue weighted by molar-refractivity contribution is 5.24. The Morgan fingerprint density at radius 1 is 1.42 bits per heavy atom. The average Bonchev–Trinajstić information content (AvgIpc) is 2.39. The van der Waals surface area contributed by atoms with Crippen molar-refractivity contribution in [3.63, 3.8) is 0 Å². The molecule has 0 fully saturated rings. The van der Waals surface area contributed by atoms with Crippen LogP contribution in [0.4, 0.5) is 8.78 Å². The van der Waals surface area contributed by atoms with Crippen LogP contribution in [-0.2, 0) is 0 Å². The fourth-order valence-corrected chi connectivity index (χ4v) is 1.54. The number of halogens is 2. The molecule has 0 bridgehead atoms. The molecule has 0 aliphatic rings. The highest BCUT2D eigenvalue weighted by atomic mass is 19.1. The largest absolute Gasteiger partial charge is 0.490 e. The summed E-state index contributed by atoms with van der Waals surface area (Å²) >= 11 is 0. The molecule has 0 amide bonds. The fourth-order valence-electron chi connectivity index (χ4n) is 1.54. The summed E-state index contributed by atoms with van der Waals surface area (Å²) < 4.78 is 31.3. The molecule has 0 radical (unpaired) electrons. The van der Waals surface area contributed by atoms with Gasteiger partial charge in [-0.1, -0.05) is 6.92 Å². The van der Waals surface area contributed by atoms with Crippen molar-refractivity contribution in [1.82, 2.24) is 5.32 Å². The average molecular weight is 268 g/mol. The lowest BCUT2D eigenvalue weighted by molar-refractivity contribution is 0.257. The van der Waals surface area contributed by atoms with Crippen LogP contribution in [-0.4, -0.2) is 18.7 Å². The molecule has 0 heterocycles. The second kappa shape index (κ2) is 7.05. The van der Waals surface area contributed by atoms with Gasteiger partial charge in [-0.05, 0) is 32.0 Å². The lowest BCUT2D eigenvalue weighted by Gasteiger charge is -2.23. The van der Waals surface area contributed by atoms with Gasteiger partial charge >= 0.3 is 0 Å². The van der Waals surface area contributed by atoms with Crippen LogP contribution in [0.5, 0.6) is 5.75 Å². The lowest BCUT2D eigenvalue weighted by Crippen LogP contribution is -2.42. The molecular formula is C14H18F2N2O. The first-order chi connectivity index (χ1) is 9.00. The Balaban J connectivity index is 2.50. The van der Waals surface area contributed by atoms with E-state index >= 15 is 0 Å². The molecule has 0 saturated heterocycles. The zero-order valence-electron chi connectivity index (χ0n) is 11.2. The van der Waals surface area contributed by atoms with Gasteiger partial charge in [0.05, 0.1) is 12.7 Å². The van der Waals surface area contributed by atoms with Crippen LogP contribution in [0.25, 0.3) is 0 Å². The Labute approximate surface area is 112 Å². The van der Waals surface area contributed by atoms with E-state index in [4.69, 9.17) is 10.00 Å². The molecule has 0 aromatic heterocycles. The summed E-state index contributed by atoms with van der Waals surface area (Å²) in [5.41, 5.74) is -0.702. The fraction of sp³-hybridized carbons (Fsp3) is 0.500. The molecule has 104 valence electrons. The van der Waals surface area contributed by atoms with E-state index in [1.807, 2.05) is 6.92 Å². The highest BCUT2D eigenvalue weighted by Gasteiger charge is 2.22. The van der Waals surface area contributed by atoms with Crippen molar-refractivity contribution in [3.05, 3.63) is 29.8 Å². The van der Waals surface area contributed by atoms with Gasteiger partial charge < -0.3 is 4.74 Å². The smallest absolute Gasteiger partial charge is 0.167 e. The maximum absolute atomic E-state index is 13.3. The molecule has 0 aliphatic carbocycles. The number of benzene rings is 1. The molecule has 19 heavy (non-hydrogen) atoms. The summed E-state index contributed by atoms with van der Waals surface area (Å²) in [5.74, 6) is -1.38. The van der Waals surface area contributed by atoms with Gasteiger partial charge in [0.15, 0.2) is 11.6 Å². The summed E-state index contributed by atoms with van der Waals surface area (Å²) in [7, 11) is 0. The zero-order chi connectivity index (χ0) is 14.3. The zero-order valence-corrected chi connectivity index (χ0v) is 11.2. The summed E-state index contributed by atoms with van der Waals surface area (Å²) in [6, 6.07) is 5.33. The molecule has 0 saturated carbocycles. The number of nitriles is 1. The monoisotopic (exact) mass is 268 g/mol. The SMILES string of the molecule is CCCNC(C)(C#N)CCOc1ccc(F)cc1F. The van der Waals surface area contributed by atoms with Gasteiger partial charge in [-0.2, -0.15) is 5.26 Å². The van der Waals surface area contributed by atoms with E-state index in [1.165, 1.54) is 6.07 Å². The summed E-state index contributed by atoms with van der Waals surface area (Å²) in [5, 5.41) is 12.2. The van der Waals surface area contributed by atoms with E-state index in [1.54, 1.807) is 6.92 Å². The molecule has 1 N–H and O–H groups in total. The summed E-state index contributed by atoms with van der Waals surface area (Å²) in [6.07, 6.45) is 1.34. The van der Waals surface area contributed by atoms with Gasteiger partial charge in [0, 0.05) is 12.5 Å². The van der Waals surface area contributed by atoms with Gasteiger partial charge in [0.1, 0.15) is 11.4 Å². The minimum Gasteiger partial charge on any atom is -0.490 e. The van der Waals surface area contributed by atoms with Crippen molar-refractivity contribution in [1.29, 1.82) is 5.26 Å². The minimum absolute atomic E-state index is 0.00261. The van der Waals surface area contributed by atoms with Crippen LogP contribution in [0.15, 0.2) is 18.2 Å². The van der Waals surface area contributed by atoms with Gasteiger partial charge in [0.25, 0.3) is 0 Å². The Morgan fingerprint density at radius 2 is 2.16 bits per heavy atom. The molecule has 1 aromatic rings. The molecule has 3 nitrogen and oxygen atoms in total. The van der Waals surface area contributed by atoms with Gasteiger partial charge in [-0.25, -0.2) is 8.78 Å². The van der Waals surface area contributed by atoms with Gasteiger partial charge in [-0.3, -0.25) is 5.32 Å². The van der Waals surface area contributed by atoms with Crippen molar-refractivity contribution in [2.24, 2.45) is 0 Å².